The van der Waals surface area contributed by atoms with Crippen molar-refractivity contribution < 1.29 is 23.9 Å². The highest BCUT2D eigenvalue weighted by Gasteiger charge is 2.51. The number of hydrogen-bond donors (Lipinski definition) is 2. The number of urea groups is 1. The Balaban J connectivity index is 1.14. The van der Waals surface area contributed by atoms with E-state index in [2.05, 4.69) is 28.6 Å². The van der Waals surface area contributed by atoms with Crippen LogP contribution in [0.1, 0.15) is 23.7 Å². The van der Waals surface area contributed by atoms with Crippen molar-refractivity contribution in [3.63, 3.8) is 0 Å². The Bertz CT molecular complexity index is 1780. The normalized spacial score (nSPS) is 21.8. The molecule has 3 aromatic rings. The first kappa shape index (κ1) is 36.3. The van der Waals surface area contributed by atoms with Crippen molar-refractivity contribution in [3.8, 4) is 5.75 Å². The highest BCUT2D eigenvalue weighted by atomic mass is 19.1. The van der Waals surface area contributed by atoms with E-state index in [1.54, 1.807) is 46.3 Å². The Morgan fingerprint density at radius 2 is 1.72 bits per heavy atom. The molecule has 4 aliphatic rings. The molecule has 0 aliphatic carbocycles. The van der Waals surface area contributed by atoms with Crippen molar-refractivity contribution in [1.82, 2.24) is 39.9 Å². The zero-order valence-corrected chi connectivity index (χ0v) is 30.2. The minimum atomic E-state index is -0.940. The zero-order chi connectivity index (χ0) is 37.1. The number of rotatable bonds is 11. The van der Waals surface area contributed by atoms with E-state index in [1.165, 1.54) is 16.0 Å². The summed E-state index contributed by atoms with van der Waals surface area (Å²) in [5, 5.41) is 16.1. The van der Waals surface area contributed by atoms with Gasteiger partial charge in [-0.3, -0.25) is 14.5 Å². The number of halogens is 1. The van der Waals surface area contributed by atoms with Crippen LogP contribution in [0.4, 0.5) is 15.0 Å². The van der Waals surface area contributed by atoms with Gasteiger partial charge >= 0.3 is 6.03 Å². The highest BCUT2D eigenvalue weighted by molar-refractivity contribution is 5.91. The molecule has 0 radical (unpaired) electrons. The molecule has 280 valence electrons. The summed E-state index contributed by atoms with van der Waals surface area (Å²) in [6.45, 7) is 13.0. The first-order valence-corrected chi connectivity index (χ1v) is 18.4. The average Bonchev–Trinajstić information content (AvgIpc) is 3.14. The van der Waals surface area contributed by atoms with Gasteiger partial charge < -0.3 is 30.0 Å². The van der Waals surface area contributed by atoms with Crippen LogP contribution in [0.15, 0.2) is 79.4 Å². The third-order valence-electron chi connectivity index (χ3n) is 10.8. The van der Waals surface area contributed by atoms with Crippen LogP contribution in [-0.2, 0) is 29.1 Å². The number of anilines is 1. The van der Waals surface area contributed by atoms with Crippen LogP contribution in [0.3, 0.4) is 0 Å². The van der Waals surface area contributed by atoms with Gasteiger partial charge in [-0.05, 0) is 41.9 Å². The molecule has 2 aromatic carbocycles. The third kappa shape index (κ3) is 7.85. The summed E-state index contributed by atoms with van der Waals surface area (Å²) in [6, 6.07) is 18.0. The van der Waals surface area contributed by atoms with Gasteiger partial charge in [-0.2, -0.15) is 0 Å². The fourth-order valence-electron chi connectivity index (χ4n) is 7.83. The molecule has 0 spiro atoms. The number of fused-ring (bicyclic) bond motifs is 1. The molecule has 0 saturated carbocycles. The molecular weight excluding hydrogens is 677 g/mol. The number of phenolic OH excluding ortho intramolecular Hbond substituents is 1. The van der Waals surface area contributed by atoms with Gasteiger partial charge in [-0.15, -0.1) is 6.58 Å². The molecule has 2 N–H and O–H groups in total. The number of aromatic nitrogens is 1. The van der Waals surface area contributed by atoms with E-state index in [4.69, 9.17) is 4.98 Å². The summed E-state index contributed by atoms with van der Waals surface area (Å²) in [4.78, 5) is 57.1. The number of amides is 4. The number of carbonyl (C=O) groups is 3. The fourth-order valence-corrected chi connectivity index (χ4v) is 7.83. The summed E-state index contributed by atoms with van der Waals surface area (Å²) in [5.74, 6) is -0.642. The summed E-state index contributed by atoms with van der Waals surface area (Å²) in [7, 11) is 0. The fraction of sp³-hybridized carbons (Fsp3) is 0.436. The molecule has 13 nitrogen and oxygen atoms in total. The minimum absolute atomic E-state index is 0.0208. The lowest BCUT2D eigenvalue weighted by molar-refractivity contribution is -0.189. The predicted octanol–water partition coefficient (Wildman–Crippen LogP) is 2.49. The van der Waals surface area contributed by atoms with Gasteiger partial charge in [-0.1, -0.05) is 55.5 Å². The molecule has 7 rings (SSSR count). The quantitative estimate of drug-likeness (QED) is 0.288. The van der Waals surface area contributed by atoms with E-state index in [0.29, 0.717) is 24.8 Å². The van der Waals surface area contributed by atoms with Crippen LogP contribution in [-0.4, -0.2) is 141 Å². The van der Waals surface area contributed by atoms with Crippen LogP contribution in [0.2, 0.25) is 0 Å². The summed E-state index contributed by atoms with van der Waals surface area (Å²) in [5.41, 5.74) is 2.17. The average molecular weight is 726 g/mol. The molecule has 4 saturated heterocycles. The van der Waals surface area contributed by atoms with Crippen molar-refractivity contribution in [1.29, 1.82) is 0 Å². The van der Waals surface area contributed by atoms with Gasteiger partial charge in [0.05, 0.1) is 25.3 Å². The maximum Gasteiger partial charge on any atom is 0.334 e. The van der Waals surface area contributed by atoms with Gasteiger partial charge in [0.25, 0.3) is 0 Å². The summed E-state index contributed by atoms with van der Waals surface area (Å²) in [6.07, 6.45) is 0.967. The van der Waals surface area contributed by atoms with Crippen LogP contribution in [0.5, 0.6) is 5.75 Å². The first-order valence-electron chi connectivity index (χ1n) is 18.4. The lowest BCUT2D eigenvalue weighted by Gasteiger charge is -2.55. The maximum atomic E-state index is 15.3. The molecule has 0 bridgehead atoms. The largest absolute Gasteiger partial charge is 0.508 e. The Hall–Kier alpha value is -5.05. The third-order valence-corrected chi connectivity index (χ3v) is 10.8. The van der Waals surface area contributed by atoms with E-state index >= 15 is 4.39 Å². The minimum Gasteiger partial charge on any atom is -0.508 e. The van der Waals surface area contributed by atoms with Crippen molar-refractivity contribution >= 4 is 23.7 Å². The van der Waals surface area contributed by atoms with Gasteiger partial charge in [0.1, 0.15) is 18.0 Å². The van der Waals surface area contributed by atoms with Crippen molar-refractivity contribution in [2.24, 2.45) is 0 Å². The van der Waals surface area contributed by atoms with Crippen LogP contribution < -0.4 is 10.2 Å². The van der Waals surface area contributed by atoms with Crippen LogP contribution in [0, 0.1) is 5.82 Å². The van der Waals surface area contributed by atoms with Crippen LogP contribution >= 0.6 is 0 Å². The van der Waals surface area contributed by atoms with Crippen LogP contribution in [0.25, 0.3) is 0 Å². The molecule has 4 aliphatic heterocycles. The summed E-state index contributed by atoms with van der Waals surface area (Å²) >= 11 is 0. The zero-order valence-electron chi connectivity index (χ0n) is 30.2. The lowest BCUT2D eigenvalue weighted by atomic mass is 9.98. The smallest absolute Gasteiger partial charge is 0.334 e. The van der Waals surface area contributed by atoms with E-state index in [9.17, 15) is 19.5 Å². The van der Waals surface area contributed by atoms with E-state index in [0.717, 1.165) is 43.9 Å². The number of carbonyl (C=O) groups excluding carboxylic acids is 3. The Kier molecular flexibility index (Phi) is 10.9. The molecule has 5 heterocycles. The van der Waals surface area contributed by atoms with Gasteiger partial charge in [-0.25, -0.2) is 24.2 Å². The summed E-state index contributed by atoms with van der Waals surface area (Å²) < 4.78 is 15.3. The number of nitrogens with zero attached hydrogens (tertiary/aromatic N) is 8. The van der Waals surface area contributed by atoms with E-state index in [1.807, 2.05) is 35.2 Å². The molecule has 1 aromatic heterocycles. The predicted molar refractivity (Wildman–Crippen MR) is 198 cm³/mol. The Morgan fingerprint density at radius 3 is 2.42 bits per heavy atom. The highest BCUT2D eigenvalue weighted by Crippen LogP contribution is 2.31. The van der Waals surface area contributed by atoms with E-state index < -0.39 is 24.1 Å². The lowest BCUT2D eigenvalue weighted by Crippen LogP contribution is -2.76. The molecule has 2 unspecified atom stereocenters. The number of piperazine rings is 2. The van der Waals surface area contributed by atoms with Gasteiger partial charge in [0.15, 0.2) is 11.6 Å². The van der Waals surface area contributed by atoms with Crippen molar-refractivity contribution in [2.45, 2.75) is 44.7 Å². The molecule has 4 amide bonds. The number of pyridine rings is 1. The Morgan fingerprint density at radius 1 is 0.981 bits per heavy atom. The topological polar surface area (TPSA) is 119 Å². The second-order valence-corrected chi connectivity index (χ2v) is 14.1. The number of phenols is 1. The van der Waals surface area contributed by atoms with Gasteiger partial charge in [0.2, 0.25) is 11.8 Å². The Labute approximate surface area is 309 Å². The second-order valence-electron chi connectivity index (χ2n) is 14.1. The maximum absolute atomic E-state index is 15.3. The molecule has 2 atom stereocenters. The molecular formula is C39H48FN9O4. The molecule has 4 fully saturated rings. The monoisotopic (exact) mass is 725 g/mol. The van der Waals surface area contributed by atoms with Crippen molar-refractivity contribution in [2.75, 3.05) is 70.3 Å². The number of hydrogen-bond acceptors (Lipinski definition) is 9. The van der Waals surface area contributed by atoms with Gasteiger partial charge in [0, 0.05) is 64.8 Å². The number of benzene rings is 2. The second kappa shape index (κ2) is 15.9. The molecule has 53 heavy (non-hydrogen) atoms. The number of aromatic hydroxyl groups is 1. The SMILES string of the molecule is C=CCN1CC(=O)N2C(Cc3ccc(O)cc3)C(=O)N(Cc3ccc(F)c(N4CC(N5CCN(CC)CC5)C4)n3)CC2N1C(=O)NCc1ccccc1. The van der Waals surface area contributed by atoms with E-state index in [-0.39, 0.29) is 62.5 Å². The number of hydrazine groups is 1. The number of nitrogens with one attached hydrogen (secondary N) is 1. The number of likely N-dealkylation sites (N-methyl/N-ethyl adjacent to an activating group) is 1. The first-order chi connectivity index (χ1) is 25.7. The molecule has 14 heteroatoms. The standard InChI is InChI=1S/C39H48FN9O4/c1-3-16-47-27-36(51)48-34(21-28-10-13-32(50)14-11-28)38(52)46(26-35(48)49(47)39(53)41-22-29-8-6-5-7-9-29)23-30-12-15-33(40)37(42-30)45-24-31(25-45)44-19-17-43(4-2)18-20-44/h3,5-15,31,34-35,50H,1,4,16-27H2,2H3,(H,41,53). The van der Waals surface area contributed by atoms with Crippen molar-refractivity contribution in [3.05, 3.63) is 102 Å².